The van der Waals surface area contributed by atoms with Crippen LogP contribution in [-0.2, 0) is 16.0 Å². The van der Waals surface area contributed by atoms with Crippen molar-refractivity contribution in [2.75, 3.05) is 20.8 Å². The van der Waals surface area contributed by atoms with Gasteiger partial charge >= 0.3 is 5.97 Å². The quantitative estimate of drug-likeness (QED) is 0.739. The standard InChI is InChI=1S/C15H19NO5/c1-20-11-4-3-10(12(9-11)21-2)5-8-16-13(17)15(6-7-15)14(18)19/h3-4,9H,5-8H2,1-2H3,(H,16,17)(H,18,19). The zero-order valence-electron chi connectivity index (χ0n) is 12.1. The van der Waals surface area contributed by atoms with Gasteiger partial charge in [0.2, 0.25) is 5.91 Å². The molecule has 0 atom stereocenters. The van der Waals surface area contributed by atoms with Gasteiger partial charge in [0.05, 0.1) is 14.2 Å². The first-order chi connectivity index (χ1) is 10.0. The van der Waals surface area contributed by atoms with Crippen molar-refractivity contribution in [2.24, 2.45) is 5.41 Å². The Bertz CT molecular complexity index is 551. The lowest BCUT2D eigenvalue weighted by Crippen LogP contribution is -2.37. The van der Waals surface area contributed by atoms with Crippen LogP contribution in [0.4, 0.5) is 0 Å². The van der Waals surface area contributed by atoms with Gasteiger partial charge in [0, 0.05) is 12.6 Å². The molecule has 6 nitrogen and oxygen atoms in total. The summed E-state index contributed by atoms with van der Waals surface area (Å²) in [5.41, 5.74) is -0.261. The first-order valence-electron chi connectivity index (χ1n) is 6.76. The van der Waals surface area contributed by atoms with Crippen molar-refractivity contribution >= 4 is 11.9 Å². The van der Waals surface area contributed by atoms with E-state index in [2.05, 4.69) is 5.32 Å². The topological polar surface area (TPSA) is 84.9 Å². The van der Waals surface area contributed by atoms with Crippen molar-refractivity contribution < 1.29 is 24.2 Å². The molecule has 21 heavy (non-hydrogen) atoms. The van der Waals surface area contributed by atoms with Crippen LogP contribution in [0.5, 0.6) is 11.5 Å². The molecule has 6 heteroatoms. The number of nitrogens with one attached hydrogen (secondary N) is 1. The number of ether oxygens (including phenoxy) is 2. The van der Waals surface area contributed by atoms with Crippen molar-refractivity contribution in [3.8, 4) is 11.5 Å². The lowest BCUT2D eigenvalue weighted by atomic mass is 10.1. The first-order valence-corrected chi connectivity index (χ1v) is 6.76. The van der Waals surface area contributed by atoms with Crippen LogP contribution >= 0.6 is 0 Å². The Morgan fingerprint density at radius 1 is 1.29 bits per heavy atom. The molecule has 0 bridgehead atoms. The number of hydrogen-bond acceptors (Lipinski definition) is 4. The lowest BCUT2D eigenvalue weighted by Gasteiger charge is -2.13. The summed E-state index contributed by atoms with van der Waals surface area (Å²) in [7, 11) is 3.15. The SMILES string of the molecule is COc1ccc(CCNC(=O)C2(C(=O)O)CC2)c(OC)c1. The third-order valence-corrected chi connectivity index (χ3v) is 3.77. The molecule has 1 aromatic rings. The fraction of sp³-hybridized carbons (Fsp3) is 0.467. The summed E-state index contributed by atoms with van der Waals surface area (Å²) >= 11 is 0. The second-order valence-corrected chi connectivity index (χ2v) is 5.07. The van der Waals surface area contributed by atoms with E-state index in [9.17, 15) is 9.59 Å². The molecule has 1 aromatic carbocycles. The van der Waals surface area contributed by atoms with Crippen molar-refractivity contribution in [1.29, 1.82) is 0 Å². The Hall–Kier alpha value is -2.24. The summed E-state index contributed by atoms with van der Waals surface area (Å²) in [6.07, 6.45) is 1.40. The van der Waals surface area contributed by atoms with Crippen LogP contribution < -0.4 is 14.8 Å². The van der Waals surface area contributed by atoms with Crippen LogP contribution in [0, 0.1) is 5.41 Å². The molecular weight excluding hydrogens is 274 g/mol. The first kappa shape index (κ1) is 15.2. The number of benzene rings is 1. The zero-order valence-corrected chi connectivity index (χ0v) is 12.1. The summed E-state index contributed by atoms with van der Waals surface area (Å²) in [6.45, 7) is 0.372. The maximum Gasteiger partial charge on any atom is 0.319 e. The van der Waals surface area contributed by atoms with Crippen LogP contribution in [0.1, 0.15) is 18.4 Å². The van der Waals surface area contributed by atoms with Crippen LogP contribution in [0.25, 0.3) is 0 Å². The second-order valence-electron chi connectivity index (χ2n) is 5.07. The minimum atomic E-state index is -1.19. The number of hydrogen-bond donors (Lipinski definition) is 2. The van der Waals surface area contributed by atoms with Crippen molar-refractivity contribution in [3.63, 3.8) is 0 Å². The van der Waals surface area contributed by atoms with Crippen LogP contribution in [0.15, 0.2) is 18.2 Å². The molecule has 0 aliphatic heterocycles. The lowest BCUT2D eigenvalue weighted by molar-refractivity contribution is -0.149. The van der Waals surface area contributed by atoms with Gasteiger partial charge in [0.15, 0.2) is 0 Å². The fourth-order valence-corrected chi connectivity index (χ4v) is 2.20. The maximum atomic E-state index is 11.9. The average Bonchev–Trinajstić information content (AvgIpc) is 3.29. The molecule has 1 amide bonds. The van der Waals surface area contributed by atoms with E-state index >= 15 is 0 Å². The molecule has 0 spiro atoms. The van der Waals surface area contributed by atoms with E-state index < -0.39 is 17.3 Å². The Morgan fingerprint density at radius 2 is 2.00 bits per heavy atom. The molecule has 1 aliphatic rings. The van der Waals surface area contributed by atoms with Gasteiger partial charge in [-0.1, -0.05) is 6.07 Å². The number of methoxy groups -OCH3 is 2. The molecule has 1 aliphatic carbocycles. The highest BCUT2D eigenvalue weighted by Gasteiger charge is 2.56. The van der Waals surface area contributed by atoms with Gasteiger partial charge in [-0.3, -0.25) is 9.59 Å². The van der Waals surface area contributed by atoms with Crippen molar-refractivity contribution in [1.82, 2.24) is 5.32 Å². The molecule has 0 radical (unpaired) electrons. The van der Waals surface area contributed by atoms with Gasteiger partial charge in [-0.25, -0.2) is 0 Å². The van der Waals surface area contributed by atoms with Crippen LogP contribution in [0.2, 0.25) is 0 Å². The van der Waals surface area contributed by atoms with E-state index in [0.717, 1.165) is 5.56 Å². The van der Waals surface area contributed by atoms with Gasteiger partial charge in [-0.05, 0) is 30.9 Å². The van der Waals surface area contributed by atoms with E-state index in [1.165, 1.54) is 0 Å². The van der Waals surface area contributed by atoms with Gasteiger partial charge in [0.1, 0.15) is 16.9 Å². The highest BCUT2D eigenvalue weighted by Crippen LogP contribution is 2.46. The molecule has 0 heterocycles. The van der Waals surface area contributed by atoms with Gasteiger partial charge < -0.3 is 19.9 Å². The molecule has 2 N–H and O–H groups in total. The maximum absolute atomic E-state index is 11.9. The largest absolute Gasteiger partial charge is 0.497 e. The summed E-state index contributed by atoms with van der Waals surface area (Å²) in [4.78, 5) is 22.9. The van der Waals surface area contributed by atoms with E-state index in [0.29, 0.717) is 37.3 Å². The molecular formula is C15H19NO5. The van der Waals surface area contributed by atoms with Crippen LogP contribution in [-0.4, -0.2) is 37.7 Å². The molecule has 1 saturated carbocycles. The summed E-state index contributed by atoms with van der Waals surface area (Å²) in [5.74, 6) is -0.0603. The average molecular weight is 293 g/mol. The number of carbonyl (C=O) groups is 2. The third kappa shape index (κ3) is 3.09. The van der Waals surface area contributed by atoms with E-state index in [-0.39, 0.29) is 0 Å². The summed E-state index contributed by atoms with van der Waals surface area (Å²) in [6, 6.07) is 5.46. The van der Waals surface area contributed by atoms with Crippen LogP contribution in [0.3, 0.4) is 0 Å². The number of amides is 1. The second kappa shape index (κ2) is 6.03. The van der Waals surface area contributed by atoms with Gasteiger partial charge in [0.25, 0.3) is 0 Å². The number of carbonyl (C=O) groups excluding carboxylic acids is 1. The number of carboxylic acids is 1. The summed E-state index contributed by atoms with van der Waals surface area (Å²) < 4.78 is 10.4. The normalized spacial score (nSPS) is 15.1. The monoisotopic (exact) mass is 293 g/mol. The number of rotatable bonds is 7. The third-order valence-electron chi connectivity index (χ3n) is 3.77. The van der Waals surface area contributed by atoms with E-state index in [1.54, 1.807) is 20.3 Å². The van der Waals surface area contributed by atoms with Crippen molar-refractivity contribution in [2.45, 2.75) is 19.3 Å². The predicted molar refractivity (Wildman–Crippen MR) is 75.6 cm³/mol. The Kier molecular flexibility index (Phi) is 4.35. The highest BCUT2D eigenvalue weighted by atomic mass is 16.5. The molecule has 114 valence electrons. The summed E-state index contributed by atoms with van der Waals surface area (Å²) in [5, 5.41) is 11.7. The minimum absolute atomic E-state index is 0.372. The van der Waals surface area contributed by atoms with E-state index in [4.69, 9.17) is 14.6 Å². The molecule has 2 rings (SSSR count). The molecule has 0 unspecified atom stereocenters. The Morgan fingerprint density at radius 3 is 2.52 bits per heavy atom. The molecule has 1 fully saturated rings. The smallest absolute Gasteiger partial charge is 0.319 e. The molecule has 0 aromatic heterocycles. The Labute approximate surface area is 123 Å². The predicted octanol–water partition coefficient (Wildman–Crippen LogP) is 1.23. The van der Waals surface area contributed by atoms with Crippen molar-refractivity contribution in [3.05, 3.63) is 23.8 Å². The van der Waals surface area contributed by atoms with E-state index in [1.807, 2.05) is 12.1 Å². The number of carboxylic acid groups (broad SMARTS) is 1. The number of aliphatic carboxylic acids is 1. The van der Waals surface area contributed by atoms with Gasteiger partial charge in [-0.2, -0.15) is 0 Å². The van der Waals surface area contributed by atoms with Gasteiger partial charge in [-0.15, -0.1) is 0 Å². The highest BCUT2D eigenvalue weighted by molar-refractivity contribution is 6.04. The minimum Gasteiger partial charge on any atom is -0.497 e. The molecule has 0 saturated heterocycles. The zero-order chi connectivity index (χ0) is 15.5. The fourth-order valence-electron chi connectivity index (χ4n) is 2.20. The Balaban J connectivity index is 1.92.